The smallest absolute Gasteiger partial charge is 0.230 e. The predicted molar refractivity (Wildman–Crippen MR) is 78.1 cm³/mol. The Kier molecular flexibility index (Phi) is 4.12. The van der Waals surface area contributed by atoms with Gasteiger partial charge in [0.2, 0.25) is 5.91 Å². The zero-order valence-electron chi connectivity index (χ0n) is 12.9. The molecule has 124 valence electrons. The molecule has 1 aromatic carbocycles. The van der Waals surface area contributed by atoms with Gasteiger partial charge in [-0.15, -0.1) is 0 Å². The van der Waals surface area contributed by atoms with Crippen molar-refractivity contribution in [3.05, 3.63) is 18.2 Å². The minimum Gasteiger partial charge on any atom is -0.550 e. The number of fused-ring (bicyclic) bond motifs is 2. The quantitative estimate of drug-likeness (QED) is 0.831. The second-order valence-corrected chi connectivity index (χ2v) is 5.75. The summed E-state index contributed by atoms with van der Waals surface area (Å²) in [5.41, 5.74) is 0.478. The van der Waals surface area contributed by atoms with E-state index < -0.39 is 23.9 Å². The summed E-state index contributed by atoms with van der Waals surface area (Å²) in [6.45, 7) is 0. The molecule has 7 heteroatoms. The van der Waals surface area contributed by atoms with Crippen LogP contribution in [0.5, 0.6) is 11.5 Å². The molecule has 2 saturated heterocycles. The number of methoxy groups -OCH3 is 2. The SMILES string of the molecule is COc1cc(NC(=O)[C@@H]2[C@@H](C(=O)[O-])[C@H]3CC[C@@H]2O3)cc(OC)c1. The summed E-state index contributed by atoms with van der Waals surface area (Å²) in [6, 6.07) is 4.96. The van der Waals surface area contributed by atoms with Crippen molar-refractivity contribution in [3.8, 4) is 11.5 Å². The summed E-state index contributed by atoms with van der Waals surface area (Å²) < 4.78 is 15.9. The van der Waals surface area contributed by atoms with E-state index >= 15 is 0 Å². The summed E-state index contributed by atoms with van der Waals surface area (Å²) in [7, 11) is 3.02. The van der Waals surface area contributed by atoms with E-state index in [0.717, 1.165) is 0 Å². The van der Waals surface area contributed by atoms with Crippen molar-refractivity contribution < 1.29 is 28.9 Å². The van der Waals surface area contributed by atoms with Gasteiger partial charge in [0.1, 0.15) is 11.5 Å². The number of amides is 1. The fourth-order valence-electron chi connectivity index (χ4n) is 3.42. The minimum absolute atomic E-state index is 0.365. The van der Waals surface area contributed by atoms with Gasteiger partial charge in [0, 0.05) is 35.8 Å². The van der Waals surface area contributed by atoms with Crippen molar-refractivity contribution in [1.29, 1.82) is 0 Å². The van der Waals surface area contributed by atoms with Crippen LogP contribution in [-0.2, 0) is 14.3 Å². The Hall–Kier alpha value is -2.28. The lowest BCUT2D eigenvalue weighted by atomic mass is 9.78. The van der Waals surface area contributed by atoms with E-state index in [4.69, 9.17) is 14.2 Å². The third kappa shape index (κ3) is 2.84. The molecule has 1 amide bonds. The van der Waals surface area contributed by atoms with Gasteiger partial charge in [-0.05, 0) is 12.8 Å². The van der Waals surface area contributed by atoms with Gasteiger partial charge in [-0.2, -0.15) is 0 Å². The summed E-state index contributed by atoms with van der Waals surface area (Å²) in [5, 5.41) is 14.1. The van der Waals surface area contributed by atoms with Crippen LogP contribution in [-0.4, -0.2) is 38.3 Å². The number of anilines is 1. The van der Waals surface area contributed by atoms with Crippen LogP contribution in [0.1, 0.15) is 12.8 Å². The molecule has 2 fully saturated rings. The number of hydrogen-bond acceptors (Lipinski definition) is 6. The number of benzene rings is 1. The van der Waals surface area contributed by atoms with E-state index in [-0.39, 0.29) is 12.0 Å². The lowest BCUT2D eigenvalue weighted by Crippen LogP contribution is -2.46. The van der Waals surface area contributed by atoms with E-state index in [2.05, 4.69) is 5.32 Å². The molecule has 0 unspecified atom stereocenters. The third-order valence-corrected chi connectivity index (χ3v) is 4.47. The molecule has 0 aromatic heterocycles. The number of aliphatic carboxylic acids is 1. The Balaban J connectivity index is 1.80. The monoisotopic (exact) mass is 320 g/mol. The number of nitrogens with one attached hydrogen (secondary N) is 1. The van der Waals surface area contributed by atoms with Gasteiger partial charge in [-0.25, -0.2) is 0 Å². The molecule has 2 heterocycles. The van der Waals surface area contributed by atoms with Crippen molar-refractivity contribution in [3.63, 3.8) is 0 Å². The van der Waals surface area contributed by atoms with Crippen LogP contribution in [0.3, 0.4) is 0 Å². The second-order valence-electron chi connectivity index (χ2n) is 5.75. The van der Waals surface area contributed by atoms with Crippen LogP contribution in [0.25, 0.3) is 0 Å². The molecule has 7 nitrogen and oxygen atoms in total. The van der Waals surface area contributed by atoms with Gasteiger partial charge in [-0.3, -0.25) is 4.79 Å². The first kappa shape index (κ1) is 15.6. The Morgan fingerprint density at radius 1 is 1.09 bits per heavy atom. The average molecular weight is 320 g/mol. The van der Waals surface area contributed by atoms with Gasteiger partial charge in [0.25, 0.3) is 0 Å². The van der Waals surface area contributed by atoms with Gasteiger partial charge >= 0.3 is 0 Å². The first-order chi connectivity index (χ1) is 11.0. The van der Waals surface area contributed by atoms with Crippen molar-refractivity contribution in [2.75, 3.05) is 19.5 Å². The normalized spacial score (nSPS) is 28.4. The largest absolute Gasteiger partial charge is 0.550 e. The van der Waals surface area contributed by atoms with E-state index in [1.165, 1.54) is 14.2 Å². The van der Waals surface area contributed by atoms with Gasteiger partial charge in [0.05, 0.1) is 32.3 Å². The fourth-order valence-corrected chi connectivity index (χ4v) is 3.42. The highest BCUT2D eigenvalue weighted by Gasteiger charge is 2.52. The molecule has 1 aromatic rings. The standard InChI is InChI=1S/C16H19NO6/c1-21-9-5-8(6-10(7-9)22-2)17-15(18)13-11-3-4-12(23-11)14(13)16(19)20/h5-7,11-14H,3-4H2,1-2H3,(H,17,18)(H,19,20)/p-1/t11-,12+,13-,14-/m0/s1. The Labute approximate surface area is 133 Å². The molecule has 1 N–H and O–H groups in total. The van der Waals surface area contributed by atoms with Crippen LogP contribution in [0, 0.1) is 11.8 Å². The molecule has 3 rings (SSSR count). The summed E-state index contributed by atoms with van der Waals surface area (Å²) in [5.74, 6) is -2.21. The highest BCUT2D eigenvalue weighted by molar-refractivity contribution is 5.96. The number of carboxylic acids is 1. The molecule has 0 saturated carbocycles. The number of rotatable bonds is 5. The Morgan fingerprint density at radius 2 is 1.65 bits per heavy atom. The minimum atomic E-state index is -1.24. The summed E-state index contributed by atoms with van der Waals surface area (Å²) in [4.78, 5) is 23.9. The molecule has 0 radical (unpaired) electrons. The lowest BCUT2D eigenvalue weighted by Gasteiger charge is -2.27. The van der Waals surface area contributed by atoms with E-state index in [1.807, 2.05) is 0 Å². The molecule has 0 spiro atoms. The number of carbonyl (C=O) groups excluding carboxylic acids is 2. The average Bonchev–Trinajstić information content (AvgIpc) is 3.15. The second kappa shape index (κ2) is 6.08. The molecule has 0 aliphatic carbocycles. The molecule has 2 aliphatic heterocycles. The predicted octanol–water partition coefficient (Wildman–Crippen LogP) is 0.186. The number of carboxylic acid groups (broad SMARTS) is 1. The number of carbonyl (C=O) groups is 2. The summed E-state index contributed by atoms with van der Waals surface area (Å²) >= 11 is 0. The zero-order chi connectivity index (χ0) is 16.6. The van der Waals surface area contributed by atoms with Crippen LogP contribution >= 0.6 is 0 Å². The van der Waals surface area contributed by atoms with E-state index in [0.29, 0.717) is 30.0 Å². The fraction of sp³-hybridized carbons (Fsp3) is 0.500. The topological polar surface area (TPSA) is 96.9 Å². The lowest BCUT2D eigenvalue weighted by molar-refractivity contribution is -0.313. The maximum absolute atomic E-state index is 12.6. The Morgan fingerprint density at radius 3 is 2.17 bits per heavy atom. The van der Waals surface area contributed by atoms with Gasteiger partial charge < -0.3 is 29.4 Å². The number of ether oxygens (including phenoxy) is 3. The zero-order valence-corrected chi connectivity index (χ0v) is 12.9. The first-order valence-corrected chi connectivity index (χ1v) is 7.43. The first-order valence-electron chi connectivity index (χ1n) is 7.43. The molecule has 2 aliphatic rings. The summed E-state index contributed by atoms with van der Waals surface area (Å²) in [6.07, 6.45) is 0.546. The Bertz CT molecular complexity index is 609. The van der Waals surface area contributed by atoms with Crippen molar-refractivity contribution in [2.24, 2.45) is 11.8 Å². The molecule has 23 heavy (non-hydrogen) atoms. The third-order valence-electron chi connectivity index (χ3n) is 4.47. The highest BCUT2D eigenvalue weighted by Crippen LogP contribution is 2.43. The maximum atomic E-state index is 12.6. The van der Waals surface area contributed by atoms with E-state index in [1.54, 1.807) is 18.2 Å². The van der Waals surface area contributed by atoms with E-state index in [9.17, 15) is 14.7 Å². The van der Waals surface area contributed by atoms with Crippen LogP contribution < -0.4 is 19.9 Å². The highest BCUT2D eigenvalue weighted by atomic mass is 16.5. The number of hydrogen-bond donors (Lipinski definition) is 1. The van der Waals surface area contributed by atoms with Crippen molar-refractivity contribution >= 4 is 17.6 Å². The molecule has 4 atom stereocenters. The van der Waals surface area contributed by atoms with Gasteiger partial charge in [0.15, 0.2) is 0 Å². The molecule has 2 bridgehead atoms. The van der Waals surface area contributed by atoms with Crippen molar-refractivity contribution in [1.82, 2.24) is 0 Å². The maximum Gasteiger partial charge on any atom is 0.230 e. The van der Waals surface area contributed by atoms with Gasteiger partial charge in [-0.1, -0.05) is 0 Å². The van der Waals surface area contributed by atoms with Crippen LogP contribution in [0.15, 0.2) is 18.2 Å². The molecular weight excluding hydrogens is 302 g/mol. The van der Waals surface area contributed by atoms with Crippen LogP contribution in [0.4, 0.5) is 5.69 Å². The molecular formula is C16H18NO6-. The van der Waals surface area contributed by atoms with Crippen LogP contribution in [0.2, 0.25) is 0 Å². The van der Waals surface area contributed by atoms with Crippen molar-refractivity contribution in [2.45, 2.75) is 25.0 Å².